The van der Waals surface area contributed by atoms with Crippen LogP contribution in [0.2, 0.25) is 0 Å². The number of nitrogens with one attached hydrogen (secondary N) is 1. The first kappa shape index (κ1) is 12.3. The highest BCUT2D eigenvalue weighted by Crippen LogP contribution is 2.34. The molecule has 0 spiro atoms. The Kier molecular flexibility index (Phi) is 3.62. The Morgan fingerprint density at radius 2 is 2.18 bits per heavy atom. The molecule has 1 aliphatic rings. The van der Waals surface area contributed by atoms with Gasteiger partial charge in [0.2, 0.25) is 0 Å². The molecular formula is C13H17F2NO. The molecule has 4 heteroatoms. The maximum Gasteiger partial charge on any atom is 0.253 e. The van der Waals surface area contributed by atoms with Gasteiger partial charge >= 0.3 is 0 Å². The quantitative estimate of drug-likeness (QED) is 0.877. The summed E-state index contributed by atoms with van der Waals surface area (Å²) in [5.74, 6) is -2.53. The molecule has 0 amide bonds. The van der Waals surface area contributed by atoms with Crippen molar-refractivity contribution >= 4 is 0 Å². The number of hydrogen-bond donors (Lipinski definition) is 1. The minimum Gasteiger partial charge on any atom is -0.496 e. The molecule has 0 bridgehead atoms. The highest BCUT2D eigenvalue weighted by atomic mass is 19.3. The van der Waals surface area contributed by atoms with Gasteiger partial charge in [0.25, 0.3) is 5.92 Å². The van der Waals surface area contributed by atoms with E-state index in [4.69, 9.17) is 4.74 Å². The Bertz CT molecular complexity index is 381. The van der Waals surface area contributed by atoms with Crippen molar-refractivity contribution in [3.05, 3.63) is 29.8 Å². The zero-order valence-corrected chi connectivity index (χ0v) is 9.88. The summed E-state index contributed by atoms with van der Waals surface area (Å²) in [6, 6.07) is 7.36. The molecule has 0 aromatic heterocycles. The molecule has 0 aliphatic carbocycles. The fourth-order valence-corrected chi connectivity index (χ4v) is 2.24. The van der Waals surface area contributed by atoms with Crippen molar-refractivity contribution in [1.29, 1.82) is 0 Å². The summed E-state index contributed by atoms with van der Waals surface area (Å²) in [5.41, 5.74) is 0.850. The van der Waals surface area contributed by atoms with Crippen molar-refractivity contribution in [1.82, 2.24) is 5.32 Å². The molecule has 2 rings (SSSR count). The molecule has 94 valence electrons. The zero-order valence-electron chi connectivity index (χ0n) is 9.88. The smallest absolute Gasteiger partial charge is 0.253 e. The van der Waals surface area contributed by atoms with Crippen LogP contribution in [0.4, 0.5) is 8.78 Å². The van der Waals surface area contributed by atoms with Gasteiger partial charge in [-0.25, -0.2) is 8.78 Å². The van der Waals surface area contributed by atoms with E-state index in [1.54, 1.807) is 7.11 Å². The number of halogens is 2. The predicted molar refractivity (Wildman–Crippen MR) is 62.6 cm³/mol. The molecule has 1 heterocycles. The second-order valence-electron chi connectivity index (χ2n) is 4.43. The Morgan fingerprint density at radius 1 is 1.41 bits per heavy atom. The molecule has 2 nitrogen and oxygen atoms in total. The van der Waals surface area contributed by atoms with Gasteiger partial charge in [-0.05, 0) is 18.1 Å². The number of benzene rings is 1. The lowest BCUT2D eigenvalue weighted by Gasteiger charge is -2.32. The minimum absolute atomic E-state index is 0.0766. The molecule has 1 atom stereocenters. The number of hydrogen-bond acceptors (Lipinski definition) is 2. The zero-order chi connectivity index (χ0) is 12.3. The molecule has 17 heavy (non-hydrogen) atoms. The molecule has 1 aliphatic heterocycles. The average Bonchev–Trinajstić information content (AvgIpc) is 2.32. The molecule has 0 radical (unpaired) electrons. The SMILES string of the molecule is COc1ccccc1CC1CNCCC1(F)F. The van der Waals surface area contributed by atoms with E-state index in [2.05, 4.69) is 5.32 Å². The van der Waals surface area contributed by atoms with E-state index in [1.165, 1.54) is 0 Å². The van der Waals surface area contributed by atoms with E-state index in [0.29, 0.717) is 25.3 Å². The molecule has 1 N–H and O–H groups in total. The van der Waals surface area contributed by atoms with E-state index in [9.17, 15) is 8.78 Å². The van der Waals surface area contributed by atoms with Gasteiger partial charge in [0.1, 0.15) is 5.75 Å². The fourth-order valence-electron chi connectivity index (χ4n) is 2.24. The van der Waals surface area contributed by atoms with E-state index in [-0.39, 0.29) is 6.42 Å². The summed E-state index contributed by atoms with van der Waals surface area (Å²) >= 11 is 0. The maximum atomic E-state index is 13.7. The number of methoxy groups -OCH3 is 1. The van der Waals surface area contributed by atoms with Gasteiger partial charge in [-0.3, -0.25) is 0 Å². The normalized spacial score (nSPS) is 23.4. The summed E-state index contributed by atoms with van der Waals surface area (Å²) < 4.78 is 32.6. The van der Waals surface area contributed by atoms with Crippen LogP contribution in [-0.4, -0.2) is 26.1 Å². The molecule has 1 unspecified atom stereocenters. The number of ether oxygens (including phenoxy) is 1. The predicted octanol–water partition coefficient (Wildman–Crippen LogP) is 2.48. The Morgan fingerprint density at radius 3 is 2.88 bits per heavy atom. The highest BCUT2D eigenvalue weighted by Gasteiger charge is 2.41. The summed E-state index contributed by atoms with van der Waals surface area (Å²) in [5, 5.41) is 3.03. The largest absolute Gasteiger partial charge is 0.496 e. The third-order valence-electron chi connectivity index (χ3n) is 3.28. The number of alkyl halides is 2. The number of rotatable bonds is 3. The molecule has 1 aromatic rings. The van der Waals surface area contributed by atoms with Gasteiger partial charge < -0.3 is 10.1 Å². The van der Waals surface area contributed by atoms with Crippen molar-refractivity contribution in [3.63, 3.8) is 0 Å². The van der Waals surface area contributed by atoms with Crippen LogP contribution in [0.3, 0.4) is 0 Å². The van der Waals surface area contributed by atoms with Crippen LogP contribution in [0.1, 0.15) is 12.0 Å². The van der Waals surface area contributed by atoms with Crippen molar-refractivity contribution < 1.29 is 13.5 Å². The van der Waals surface area contributed by atoms with E-state index < -0.39 is 11.8 Å². The topological polar surface area (TPSA) is 21.3 Å². The van der Waals surface area contributed by atoms with Gasteiger partial charge in [-0.2, -0.15) is 0 Å². The van der Waals surface area contributed by atoms with Crippen molar-refractivity contribution in [2.24, 2.45) is 5.92 Å². The highest BCUT2D eigenvalue weighted by molar-refractivity contribution is 5.33. The van der Waals surface area contributed by atoms with E-state index >= 15 is 0 Å². The number of para-hydroxylation sites is 1. The van der Waals surface area contributed by atoms with E-state index in [0.717, 1.165) is 5.56 Å². The van der Waals surface area contributed by atoms with Crippen LogP contribution >= 0.6 is 0 Å². The Labute approximate surface area is 100.0 Å². The first-order valence-corrected chi connectivity index (χ1v) is 5.84. The first-order valence-electron chi connectivity index (χ1n) is 5.84. The second-order valence-corrected chi connectivity index (χ2v) is 4.43. The Hall–Kier alpha value is -1.16. The summed E-state index contributed by atoms with van der Waals surface area (Å²) in [6.07, 6.45) is 0.275. The van der Waals surface area contributed by atoms with Crippen LogP contribution in [0.25, 0.3) is 0 Å². The third-order valence-corrected chi connectivity index (χ3v) is 3.28. The lowest BCUT2D eigenvalue weighted by atomic mass is 9.88. The number of piperidine rings is 1. The maximum absolute atomic E-state index is 13.7. The van der Waals surface area contributed by atoms with Crippen LogP contribution < -0.4 is 10.1 Å². The van der Waals surface area contributed by atoms with Crippen LogP contribution in [0.15, 0.2) is 24.3 Å². The standard InChI is InChI=1S/C13H17F2NO/c1-17-12-5-3-2-4-10(12)8-11-9-16-7-6-13(11,14)15/h2-5,11,16H,6-9H2,1H3. The average molecular weight is 241 g/mol. The Balaban J connectivity index is 2.14. The molecule has 0 saturated carbocycles. The van der Waals surface area contributed by atoms with Crippen LogP contribution in [0.5, 0.6) is 5.75 Å². The summed E-state index contributed by atoms with van der Waals surface area (Å²) in [6.45, 7) is 0.764. The molecular weight excluding hydrogens is 224 g/mol. The van der Waals surface area contributed by atoms with E-state index in [1.807, 2.05) is 24.3 Å². The molecule has 1 fully saturated rings. The van der Waals surface area contributed by atoms with Crippen LogP contribution in [0, 0.1) is 5.92 Å². The minimum atomic E-state index is -2.58. The fraction of sp³-hybridized carbons (Fsp3) is 0.538. The van der Waals surface area contributed by atoms with Crippen molar-refractivity contribution in [3.8, 4) is 5.75 Å². The van der Waals surface area contributed by atoms with Crippen molar-refractivity contribution in [2.45, 2.75) is 18.8 Å². The molecule has 1 aromatic carbocycles. The molecule has 1 saturated heterocycles. The summed E-state index contributed by atoms with van der Waals surface area (Å²) in [7, 11) is 1.57. The second kappa shape index (κ2) is 5.00. The monoisotopic (exact) mass is 241 g/mol. The van der Waals surface area contributed by atoms with Crippen LogP contribution in [-0.2, 0) is 6.42 Å². The van der Waals surface area contributed by atoms with Gasteiger partial charge in [0.15, 0.2) is 0 Å². The lowest BCUT2D eigenvalue weighted by Crippen LogP contribution is -2.45. The summed E-state index contributed by atoms with van der Waals surface area (Å²) in [4.78, 5) is 0. The van der Waals surface area contributed by atoms with Gasteiger partial charge in [-0.15, -0.1) is 0 Å². The lowest BCUT2D eigenvalue weighted by molar-refractivity contribution is -0.0777. The van der Waals surface area contributed by atoms with Crippen molar-refractivity contribution in [2.75, 3.05) is 20.2 Å². The van der Waals surface area contributed by atoms with Gasteiger partial charge in [0.05, 0.1) is 7.11 Å². The first-order chi connectivity index (χ1) is 8.13. The van der Waals surface area contributed by atoms with Gasteiger partial charge in [-0.1, -0.05) is 18.2 Å². The van der Waals surface area contributed by atoms with Gasteiger partial charge in [0, 0.05) is 25.4 Å². The third kappa shape index (κ3) is 2.75.